The number of carbonyl (C=O) groups excluding carboxylic acids is 1. The number of Topliss-reactive ketones (excluding diaryl/α,β-unsaturated/α-hetero) is 1. The van der Waals surface area contributed by atoms with Gasteiger partial charge in [-0.15, -0.1) is 0 Å². The number of hydrogen-bond acceptors (Lipinski definition) is 2. The maximum atomic E-state index is 13.4. The van der Waals surface area contributed by atoms with Crippen molar-refractivity contribution in [3.05, 3.63) is 35.1 Å². The van der Waals surface area contributed by atoms with Gasteiger partial charge < -0.3 is 4.74 Å². The molecule has 1 unspecified atom stereocenters. The van der Waals surface area contributed by atoms with Crippen LogP contribution in [0.2, 0.25) is 0 Å². The third-order valence-corrected chi connectivity index (χ3v) is 3.13. The van der Waals surface area contributed by atoms with E-state index in [2.05, 4.69) is 0 Å². The number of benzene rings is 1. The van der Waals surface area contributed by atoms with Gasteiger partial charge in [0, 0.05) is 12.2 Å². The molecule has 3 heteroatoms. The Kier molecular flexibility index (Phi) is 2.80. The molecule has 1 fully saturated rings. The van der Waals surface area contributed by atoms with Crippen LogP contribution in [0.25, 0.3) is 0 Å². The molecule has 0 saturated carbocycles. The average Bonchev–Trinajstić information content (AvgIpc) is 2.70. The summed E-state index contributed by atoms with van der Waals surface area (Å²) in [4.78, 5) is 12.1. The van der Waals surface area contributed by atoms with Gasteiger partial charge in [-0.3, -0.25) is 4.79 Å². The first-order valence-corrected chi connectivity index (χ1v) is 5.48. The Morgan fingerprint density at radius 3 is 2.81 bits per heavy atom. The zero-order valence-electron chi connectivity index (χ0n) is 9.55. The average molecular weight is 222 g/mol. The van der Waals surface area contributed by atoms with E-state index in [9.17, 15) is 9.18 Å². The Morgan fingerprint density at radius 2 is 2.25 bits per heavy atom. The number of rotatable bonds is 2. The normalized spacial score (nSPS) is 24.7. The van der Waals surface area contributed by atoms with Gasteiger partial charge in [0.25, 0.3) is 0 Å². The van der Waals surface area contributed by atoms with E-state index in [1.54, 1.807) is 26.0 Å². The summed E-state index contributed by atoms with van der Waals surface area (Å²) in [6, 6.07) is 4.58. The van der Waals surface area contributed by atoms with Crippen LogP contribution < -0.4 is 0 Å². The highest BCUT2D eigenvalue weighted by Crippen LogP contribution is 2.29. The van der Waals surface area contributed by atoms with Gasteiger partial charge in [0.15, 0.2) is 5.78 Å². The lowest BCUT2D eigenvalue weighted by molar-refractivity contribution is 0.0213. The number of ether oxygens (including phenoxy) is 1. The minimum absolute atomic E-state index is 0.121. The standard InChI is InChI=1S/C13H15FO2/c1-9-4-5-10(8-11(9)14)12(15)13(2)6-3-7-16-13/h4-5,8H,3,6-7H2,1-2H3. The summed E-state index contributed by atoms with van der Waals surface area (Å²) in [5.74, 6) is -0.462. The van der Waals surface area contributed by atoms with Gasteiger partial charge in [0.2, 0.25) is 0 Å². The van der Waals surface area contributed by atoms with Crippen molar-refractivity contribution in [1.29, 1.82) is 0 Å². The predicted molar refractivity (Wildman–Crippen MR) is 59.1 cm³/mol. The summed E-state index contributed by atoms with van der Waals surface area (Å²) in [7, 11) is 0. The molecule has 0 aliphatic carbocycles. The highest BCUT2D eigenvalue weighted by molar-refractivity contribution is 6.02. The highest BCUT2D eigenvalue weighted by atomic mass is 19.1. The molecule has 2 rings (SSSR count). The number of ketones is 1. The number of hydrogen-bond donors (Lipinski definition) is 0. The minimum atomic E-state index is -0.762. The Bertz CT molecular complexity index is 420. The van der Waals surface area contributed by atoms with Crippen molar-refractivity contribution >= 4 is 5.78 Å². The van der Waals surface area contributed by atoms with Gasteiger partial charge in [0.05, 0.1) is 0 Å². The lowest BCUT2D eigenvalue weighted by atomic mass is 9.91. The quantitative estimate of drug-likeness (QED) is 0.719. The summed E-state index contributed by atoms with van der Waals surface area (Å²) >= 11 is 0. The zero-order valence-corrected chi connectivity index (χ0v) is 9.55. The first kappa shape index (κ1) is 11.3. The second kappa shape index (κ2) is 3.98. The monoisotopic (exact) mass is 222 g/mol. The predicted octanol–water partition coefficient (Wildman–Crippen LogP) is 2.89. The minimum Gasteiger partial charge on any atom is -0.367 e. The third kappa shape index (κ3) is 1.87. The lowest BCUT2D eigenvalue weighted by Crippen LogP contribution is -2.34. The maximum Gasteiger partial charge on any atom is 0.194 e. The lowest BCUT2D eigenvalue weighted by Gasteiger charge is -2.21. The smallest absolute Gasteiger partial charge is 0.194 e. The van der Waals surface area contributed by atoms with E-state index in [0.29, 0.717) is 24.2 Å². The molecule has 0 spiro atoms. The van der Waals surface area contributed by atoms with E-state index in [1.807, 2.05) is 0 Å². The number of aryl methyl sites for hydroxylation is 1. The fourth-order valence-corrected chi connectivity index (χ4v) is 2.00. The molecule has 1 saturated heterocycles. The molecule has 16 heavy (non-hydrogen) atoms. The van der Waals surface area contributed by atoms with Crippen molar-refractivity contribution in [1.82, 2.24) is 0 Å². The first-order chi connectivity index (χ1) is 7.53. The Balaban J connectivity index is 2.30. The molecular formula is C13H15FO2. The fourth-order valence-electron chi connectivity index (χ4n) is 2.00. The molecule has 0 bridgehead atoms. The van der Waals surface area contributed by atoms with Gasteiger partial charge in [-0.1, -0.05) is 12.1 Å². The van der Waals surface area contributed by atoms with Crippen LogP contribution in [0.4, 0.5) is 4.39 Å². The topological polar surface area (TPSA) is 26.3 Å². The molecule has 1 heterocycles. The molecule has 0 N–H and O–H groups in total. The van der Waals surface area contributed by atoms with Crippen LogP contribution >= 0.6 is 0 Å². The van der Waals surface area contributed by atoms with Crippen molar-refractivity contribution in [3.8, 4) is 0 Å². The molecule has 0 aromatic heterocycles. The van der Waals surface area contributed by atoms with Crippen molar-refractivity contribution in [2.75, 3.05) is 6.61 Å². The summed E-state index contributed by atoms with van der Waals surface area (Å²) in [6.45, 7) is 4.06. The highest BCUT2D eigenvalue weighted by Gasteiger charge is 2.38. The first-order valence-electron chi connectivity index (χ1n) is 5.48. The fraction of sp³-hybridized carbons (Fsp3) is 0.462. The molecule has 1 aromatic rings. The van der Waals surface area contributed by atoms with Crippen LogP contribution in [-0.2, 0) is 4.74 Å². The Labute approximate surface area is 94.4 Å². The SMILES string of the molecule is Cc1ccc(C(=O)C2(C)CCCO2)cc1F. The second-order valence-electron chi connectivity index (χ2n) is 4.48. The third-order valence-electron chi connectivity index (χ3n) is 3.13. The van der Waals surface area contributed by atoms with Crippen molar-refractivity contribution < 1.29 is 13.9 Å². The molecule has 86 valence electrons. The zero-order chi connectivity index (χ0) is 11.8. The van der Waals surface area contributed by atoms with E-state index >= 15 is 0 Å². The molecule has 1 aliphatic rings. The van der Waals surface area contributed by atoms with E-state index in [1.165, 1.54) is 6.07 Å². The molecule has 0 amide bonds. The number of carbonyl (C=O) groups is 1. The number of halogens is 1. The van der Waals surface area contributed by atoms with E-state index < -0.39 is 5.60 Å². The summed E-state index contributed by atoms with van der Waals surface area (Å²) in [5.41, 5.74) is 0.184. The van der Waals surface area contributed by atoms with Gasteiger partial charge >= 0.3 is 0 Å². The molecule has 1 aliphatic heterocycles. The largest absolute Gasteiger partial charge is 0.367 e. The van der Waals surface area contributed by atoms with Crippen LogP contribution in [0.15, 0.2) is 18.2 Å². The summed E-state index contributed by atoms with van der Waals surface area (Å²) < 4.78 is 18.8. The molecule has 2 nitrogen and oxygen atoms in total. The van der Waals surface area contributed by atoms with E-state index in [0.717, 1.165) is 6.42 Å². The molecule has 1 aromatic carbocycles. The van der Waals surface area contributed by atoms with Crippen molar-refractivity contribution in [2.24, 2.45) is 0 Å². The van der Waals surface area contributed by atoms with Gasteiger partial charge in [0.1, 0.15) is 11.4 Å². The van der Waals surface area contributed by atoms with Crippen LogP contribution in [0, 0.1) is 12.7 Å². The molecular weight excluding hydrogens is 207 g/mol. The van der Waals surface area contributed by atoms with Crippen LogP contribution in [0.1, 0.15) is 35.7 Å². The van der Waals surface area contributed by atoms with Gasteiger partial charge in [-0.05, 0) is 38.3 Å². The van der Waals surface area contributed by atoms with Crippen LogP contribution in [0.5, 0.6) is 0 Å². The van der Waals surface area contributed by atoms with Crippen LogP contribution in [-0.4, -0.2) is 18.0 Å². The van der Waals surface area contributed by atoms with Gasteiger partial charge in [-0.2, -0.15) is 0 Å². The van der Waals surface area contributed by atoms with Gasteiger partial charge in [-0.25, -0.2) is 4.39 Å². The Morgan fingerprint density at radius 1 is 1.50 bits per heavy atom. The molecule has 1 atom stereocenters. The second-order valence-corrected chi connectivity index (χ2v) is 4.48. The van der Waals surface area contributed by atoms with E-state index in [-0.39, 0.29) is 11.6 Å². The molecule has 0 radical (unpaired) electrons. The van der Waals surface area contributed by atoms with Crippen molar-refractivity contribution in [3.63, 3.8) is 0 Å². The van der Waals surface area contributed by atoms with Crippen molar-refractivity contribution in [2.45, 2.75) is 32.3 Å². The van der Waals surface area contributed by atoms with Crippen LogP contribution in [0.3, 0.4) is 0 Å². The summed E-state index contributed by atoms with van der Waals surface area (Å²) in [6.07, 6.45) is 1.60. The maximum absolute atomic E-state index is 13.4. The Hall–Kier alpha value is -1.22. The summed E-state index contributed by atoms with van der Waals surface area (Å²) in [5, 5.41) is 0. The van der Waals surface area contributed by atoms with E-state index in [4.69, 9.17) is 4.74 Å².